The van der Waals surface area contributed by atoms with Gasteiger partial charge in [-0.2, -0.15) is 0 Å². The van der Waals surface area contributed by atoms with Crippen LogP contribution in [0, 0.1) is 0 Å². The summed E-state index contributed by atoms with van der Waals surface area (Å²) in [5, 5.41) is 0. The average molecular weight is 652 g/mol. The molecule has 1 aliphatic heterocycles. The molecule has 214 valence electrons. The van der Waals surface area contributed by atoms with E-state index in [1.807, 2.05) is 115 Å². The van der Waals surface area contributed by atoms with E-state index >= 15 is 0 Å². The van der Waals surface area contributed by atoms with Gasteiger partial charge in [-0.05, 0) is 54.0 Å². The summed E-state index contributed by atoms with van der Waals surface area (Å²) in [6, 6.07) is 34.0. The molecule has 0 fully saturated rings. The largest absolute Gasteiger partial charge is 0.489 e. The molecule has 8 heteroatoms. The highest BCUT2D eigenvalue weighted by atomic mass is 79.9. The lowest BCUT2D eigenvalue weighted by Crippen LogP contribution is -2.39. The van der Waals surface area contributed by atoms with E-state index in [2.05, 4.69) is 15.9 Å². The lowest BCUT2D eigenvalue weighted by molar-refractivity contribution is -0.138. The molecule has 43 heavy (non-hydrogen) atoms. The van der Waals surface area contributed by atoms with Gasteiger partial charge in [0.15, 0.2) is 4.80 Å². The summed E-state index contributed by atoms with van der Waals surface area (Å²) in [6.07, 6.45) is 1.85. The first kappa shape index (κ1) is 28.6. The number of rotatable bonds is 8. The van der Waals surface area contributed by atoms with Crippen LogP contribution in [0.4, 0.5) is 0 Å². The minimum Gasteiger partial charge on any atom is -0.489 e. The number of aromatic nitrogens is 1. The SMILES string of the molecule is CCOC(=O)C1=C(c2ccccc2)N=c2s/c(=C\c3ccc(OCc4ccc(Br)cc4)cc3)c(=O)n2[C@@H]1c1ccccc1. The number of carbonyl (C=O) groups excluding carboxylic acids is 1. The zero-order chi connectivity index (χ0) is 29.8. The predicted molar refractivity (Wildman–Crippen MR) is 172 cm³/mol. The van der Waals surface area contributed by atoms with Crippen LogP contribution in [-0.4, -0.2) is 17.1 Å². The second-order valence-electron chi connectivity index (χ2n) is 9.83. The third-order valence-corrected chi connectivity index (χ3v) is 8.50. The fourth-order valence-corrected chi connectivity index (χ4v) is 6.22. The smallest absolute Gasteiger partial charge is 0.338 e. The fourth-order valence-electron chi connectivity index (χ4n) is 4.95. The van der Waals surface area contributed by atoms with Crippen LogP contribution in [0.5, 0.6) is 5.75 Å². The van der Waals surface area contributed by atoms with Crippen molar-refractivity contribution in [2.75, 3.05) is 6.61 Å². The molecular formula is C35H27BrN2O4S. The Balaban J connectivity index is 1.41. The number of carbonyl (C=O) groups is 1. The maximum Gasteiger partial charge on any atom is 0.338 e. The molecule has 0 radical (unpaired) electrons. The molecule has 0 bridgehead atoms. The molecule has 1 aromatic heterocycles. The Labute approximate surface area is 261 Å². The third kappa shape index (κ3) is 6.16. The standard InChI is InChI=1S/C35H27BrN2O4S/c1-2-41-34(40)30-31(25-9-5-3-6-10-25)37-35-38(32(30)26-11-7-4-8-12-26)33(39)29(43-35)21-23-15-19-28(20-16-23)42-22-24-13-17-27(36)18-14-24/h3-21,32H,2,22H2,1H3/b29-21-/t32-/m1/s1. The van der Waals surface area contributed by atoms with Crippen LogP contribution in [0.2, 0.25) is 0 Å². The Morgan fingerprint density at radius 3 is 2.28 bits per heavy atom. The minimum atomic E-state index is -0.691. The van der Waals surface area contributed by atoms with Crippen molar-refractivity contribution in [3.05, 3.63) is 161 Å². The number of hydrogen-bond donors (Lipinski definition) is 0. The summed E-state index contributed by atoms with van der Waals surface area (Å²) in [5.41, 5.74) is 4.13. The molecule has 0 amide bonds. The van der Waals surface area contributed by atoms with E-state index in [4.69, 9.17) is 14.5 Å². The van der Waals surface area contributed by atoms with Crippen LogP contribution >= 0.6 is 27.3 Å². The molecular weight excluding hydrogens is 624 g/mol. The normalized spacial score (nSPS) is 14.7. The summed E-state index contributed by atoms with van der Waals surface area (Å²) in [7, 11) is 0. The second-order valence-corrected chi connectivity index (χ2v) is 11.8. The summed E-state index contributed by atoms with van der Waals surface area (Å²) < 4.78 is 14.6. The quantitative estimate of drug-likeness (QED) is 0.186. The molecule has 0 saturated carbocycles. The van der Waals surface area contributed by atoms with Gasteiger partial charge in [0.05, 0.1) is 28.5 Å². The van der Waals surface area contributed by atoms with Crippen molar-refractivity contribution in [2.45, 2.75) is 19.6 Å². The molecule has 0 spiro atoms. The average Bonchev–Trinajstić information content (AvgIpc) is 3.35. The molecule has 0 aliphatic carbocycles. The van der Waals surface area contributed by atoms with Crippen molar-refractivity contribution in [1.82, 2.24) is 4.57 Å². The first-order chi connectivity index (χ1) is 21.0. The zero-order valence-corrected chi connectivity index (χ0v) is 25.7. The summed E-state index contributed by atoms with van der Waals surface area (Å²) in [5.74, 6) is 0.240. The van der Waals surface area contributed by atoms with Crippen LogP contribution in [0.3, 0.4) is 0 Å². The Bertz CT molecular complexity index is 1960. The molecule has 4 aromatic carbocycles. The zero-order valence-electron chi connectivity index (χ0n) is 23.3. The molecule has 6 rings (SSSR count). The van der Waals surface area contributed by atoms with Crippen molar-refractivity contribution in [2.24, 2.45) is 4.99 Å². The number of nitrogens with zero attached hydrogens (tertiary/aromatic N) is 2. The van der Waals surface area contributed by atoms with Gasteiger partial charge in [-0.25, -0.2) is 9.79 Å². The lowest BCUT2D eigenvalue weighted by Gasteiger charge is -2.25. The van der Waals surface area contributed by atoms with Gasteiger partial charge in [0, 0.05) is 10.0 Å². The highest BCUT2D eigenvalue weighted by Gasteiger charge is 2.35. The van der Waals surface area contributed by atoms with Gasteiger partial charge in [0.1, 0.15) is 12.4 Å². The molecule has 1 aliphatic rings. The van der Waals surface area contributed by atoms with E-state index in [0.29, 0.717) is 27.2 Å². The van der Waals surface area contributed by atoms with E-state index in [1.165, 1.54) is 11.3 Å². The van der Waals surface area contributed by atoms with Crippen LogP contribution < -0.4 is 19.6 Å². The number of hydrogen-bond acceptors (Lipinski definition) is 6. The molecule has 5 aromatic rings. The van der Waals surface area contributed by atoms with Crippen molar-refractivity contribution in [1.29, 1.82) is 0 Å². The molecule has 0 N–H and O–H groups in total. The minimum absolute atomic E-state index is 0.208. The first-order valence-corrected chi connectivity index (χ1v) is 15.4. The predicted octanol–water partition coefficient (Wildman–Crippen LogP) is 6.28. The van der Waals surface area contributed by atoms with Gasteiger partial charge in [-0.15, -0.1) is 0 Å². The van der Waals surface area contributed by atoms with Crippen molar-refractivity contribution in [3.63, 3.8) is 0 Å². The van der Waals surface area contributed by atoms with Crippen molar-refractivity contribution in [3.8, 4) is 5.75 Å². The second kappa shape index (κ2) is 12.8. The van der Waals surface area contributed by atoms with Gasteiger partial charge < -0.3 is 9.47 Å². The van der Waals surface area contributed by atoms with Crippen LogP contribution in [0.25, 0.3) is 11.8 Å². The molecule has 0 saturated heterocycles. The van der Waals surface area contributed by atoms with E-state index in [0.717, 1.165) is 32.5 Å². The van der Waals surface area contributed by atoms with Crippen molar-refractivity contribution < 1.29 is 14.3 Å². The van der Waals surface area contributed by atoms with Gasteiger partial charge in [0.2, 0.25) is 0 Å². The Morgan fingerprint density at radius 2 is 1.60 bits per heavy atom. The van der Waals surface area contributed by atoms with Crippen LogP contribution in [0.1, 0.15) is 35.2 Å². The molecule has 1 atom stereocenters. The Hall–Kier alpha value is -4.53. The third-order valence-electron chi connectivity index (χ3n) is 6.99. The monoisotopic (exact) mass is 650 g/mol. The number of ether oxygens (including phenoxy) is 2. The van der Waals surface area contributed by atoms with Crippen LogP contribution in [-0.2, 0) is 16.1 Å². The molecule has 0 unspecified atom stereocenters. The molecule has 6 nitrogen and oxygen atoms in total. The summed E-state index contributed by atoms with van der Waals surface area (Å²) in [6.45, 7) is 2.43. The summed E-state index contributed by atoms with van der Waals surface area (Å²) in [4.78, 5) is 32.9. The molecule has 2 heterocycles. The van der Waals surface area contributed by atoms with Gasteiger partial charge in [-0.3, -0.25) is 9.36 Å². The maximum absolute atomic E-state index is 14.0. The van der Waals surface area contributed by atoms with Gasteiger partial charge in [-0.1, -0.05) is 112 Å². The summed E-state index contributed by atoms with van der Waals surface area (Å²) >= 11 is 4.75. The van der Waals surface area contributed by atoms with Gasteiger partial charge in [0.25, 0.3) is 5.56 Å². The number of fused-ring (bicyclic) bond motifs is 1. The van der Waals surface area contributed by atoms with E-state index in [1.54, 1.807) is 11.5 Å². The first-order valence-electron chi connectivity index (χ1n) is 13.8. The van der Waals surface area contributed by atoms with Crippen molar-refractivity contribution >= 4 is 45.0 Å². The Kier molecular flexibility index (Phi) is 8.49. The Morgan fingerprint density at radius 1 is 0.930 bits per heavy atom. The maximum atomic E-state index is 14.0. The van der Waals surface area contributed by atoms with Crippen LogP contribution in [0.15, 0.2) is 129 Å². The fraction of sp³-hybridized carbons (Fsp3) is 0.114. The highest BCUT2D eigenvalue weighted by molar-refractivity contribution is 9.10. The number of benzene rings is 4. The van der Waals surface area contributed by atoms with E-state index in [9.17, 15) is 9.59 Å². The topological polar surface area (TPSA) is 69.9 Å². The number of esters is 1. The highest BCUT2D eigenvalue weighted by Crippen LogP contribution is 2.35. The number of thiazole rings is 1. The van der Waals surface area contributed by atoms with Gasteiger partial charge >= 0.3 is 5.97 Å². The van der Waals surface area contributed by atoms with E-state index in [-0.39, 0.29) is 12.2 Å². The number of halogens is 1. The lowest BCUT2D eigenvalue weighted by atomic mass is 9.93. The van der Waals surface area contributed by atoms with E-state index < -0.39 is 12.0 Å².